The molecule has 1 fully saturated rings. The lowest BCUT2D eigenvalue weighted by molar-refractivity contribution is -0.161. The van der Waals surface area contributed by atoms with Gasteiger partial charge in [-0.2, -0.15) is 0 Å². The highest BCUT2D eigenvalue weighted by Gasteiger charge is 2.31. The number of carbonyl (C=O) groups is 2. The van der Waals surface area contributed by atoms with Gasteiger partial charge in [-0.25, -0.2) is 4.98 Å². The molecular weight excluding hydrogens is 370 g/mol. The lowest BCUT2D eigenvalue weighted by Crippen LogP contribution is -2.36. The highest BCUT2D eigenvalue weighted by atomic mass is 16.5. The van der Waals surface area contributed by atoms with Crippen molar-refractivity contribution in [3.63, 3.8) is 0 Å². The number of benzene rings is 2. The van der Waals surface area contributed by atoms with Gasteiger partial charge in [0.15, 0.2) is 0 Å². The van der Waals surface area contributed by atoms with Gasteiger partial charge < -0.3 is 9.64 Å². The maximum absolute atomic E-state index is 12.9. The molecule has 1 atom stereocenters. The summed E-state index contributed by atoms with van der Waals surface area (Å²) in [7, 11) is 0. The Morgan fingerprint density at radius 2 is 1.69 bits per heavy atom. The Hall–Kier alpha value is -3.48. The number of esters is 1. The third-order valence-electron chi connectivity index (χ3n) is 5.02. The Bertz CT molecular complexity index is 1090. The molecule has 0 bridgehead atoms. The minimum Gasteiger partial charge on any atom is -0.446 e. The molecular formula is C22H21N3O4. The molecule has 0 N–H and O–H groups in total. The van der Waals surface area contributed by atoms with Crippen LogP contribution in [0.3, 0.4) is 0 Å². The van der Waals surface area contributed by atoms with Crippen molar-refractivity contribution in [2.75, 3.05) is 13.1 Å². The lowest BCUT2D eigenvalue weighted by atomic mass is 10.1. The Morgan fingerprint density at radius 3 is 2.45 bits per heavy atom. The topological polar surface area (TPSA) is 81.5 Å². The summed E-state index contributed by atoms with van der Waals surface area (Å²) in [6.45, 7) is 1.01. The first kappa shape index (κ1) is 18.9. The van der Waals surface area contributed by atoms with Gasteiger partial charge >= 0.3 is 5.97 Å². The van der Waals surface area contributed by atoms with Gasteiger partial charge in [-0.3, -0.25) is 19.0 Å². The molecule has 2 aromatic carbocycles. The van der Waals surface area contributed by atoms with Crippen LogP contribution in [0.4, 0.5) is 0 Å². The molecule has 7 heteroatoms. The number of fused-ring (bicyclic) bond motifs is 1. The highest BCUT2D eigenvalue weighted by molar-refractivity contribution is 5.85. The Morgan fingerprint density at radius 1 is 1.00 bits per heavy atom. The number of hydrogen-bond donors (Lipinski definition) is 0. The molecule has 0 aliphatic carbocycles. The van der Waals surface area contributed by atoms with E-state index in [1.807, 2.05) is 6.07 Å². The van der Waals surface area contributed by atoms with Crippen LogP contribution in [0.15, 0.2) is 65.7 Å². The van der Waals surface area contributed by atoms with E-state index in [9.17, 15) is 14.4 Å². The van der Waals surface area contributed by atoms with E-state index in [4.69, 9.17) is 4.74 Å². The second-order valence-corrected chi connectivity index (χ2v) is 7.01. The van der Waals surface area contributed by atoms with E-state index in [0.717, 1.165) is 12.8 Å². The SMILES string of the molecule is O=C(Cn1cnc2ccccc2c1=O)O[C@H](C(=O)N1CCCC1)c1ccccc1. The van der Waals surface area contributed by atoms with E-state index in [0.29, 0.717) is 29.6 Å². The summed E-state index contributed by atoms with van der Waals surface area (Å²) in [4.78, 5) is 44.1. The minimum atomic E-state index is -1.02. The Balaban J connectivity index is 1.56. The minimum absolute atomic E-state index is 0.231. The van der Waals surface area contributed by atoms with Gasteiger partial charge in [-0.05, 0) is 25.0 Å². The first-order chi connectivity index (χ1) is 14.1. The van der Waals surface area contributed by atoms with Crippen molar-refractivity contribution in [2.45, 2.75) is 25.5 Å². The maximum atomic E-state index is 12.9. The second kappa shape index (κ2) is 8.26. The van der Waals surface area contributed by atoms with Gasteiger partial charge in [0.05, 0.1) is 17.2 Å². The van der Waals surface area contributed by atoms with E-state index >= 15 is 0 Å². The predicted molar refractivity (Wildman–Crippen MR) is 107 cm³/mol. The van der Waals surface area contributed by atoms with Crippen LogP contribution in [0, 0.1) is 0 Å². The number of nitrogens with zero attached hydrogens (tertiary/aromatic N) is 3. The van der Waals surface area contributed by atoms with Crippen LogP contribution < -0.4 is 5.56 Å². The molecule has 2 heterocycles. The number of aromatic nitrogens is 2. The molecule has 1 amide bonds. The number of likely N-dealkylation sites (tertiary alicyclic amines) is 1. The third kappa shape index (κ3) is 4.03. The van der Waals surface area contributed by atoms with E-state index in [2.05, 4.69) is 4.98 Å². The molecule has 1 aromatic heterocycles. The van der Waals surface area contributed by atoms with Crippen LogP contribution >= 0.6 is 0 Å². The first-order valence-corrected chi connectivity index (χ1v) is 9.61. The van der Waals surface area contributed by atoms with E-state index < -0.39 is 12.1 Å². The van der Waals surface area contributed by atoms with Gasteiger partial charge in [-0.1, -0.05) is 42.5 Å². The van der Waals surface area contributed by atoms with Crippen LogP contribution in [0.5, 0.6) is 0 Å². The van der Waals surface area contributed by atoms with E-state index in [1.54, 1.807) is 53.4 Å². The number of hydrogen-bond acceptors (Lipinski definition) is 5. The zero-order valence-electron chi connectivity index (χ0n) is 15.9. The zero-order chi connectivity index (χ0) is 20.2. The van der Waals surface area contributed by atoms with E-state index in [1.165, 1.54) is 10.9 Å². The summed E-state index contributed by atoms with van der Waals surface area (Å²) in [5.41, 5.74) is 0.852. The molecule has 3 aromatic rings. The van der Waals surface area contributed by atoms with Gasteiger partial charge in [0.2, 0.25) is 6.10 Å². The molecule has 7 nitrogen and oxygen atoms in total. The lowest BCUT2D eigenvalue weighted by Gasteiger charge is -2.23. The number of amides is 1. The van der Waals surface area contributed by atoms with Crippen molar-refractivity contribution in [3.8, 4) is 0 Å². The van der Waals surface area contributed by atoms with Crippen LogP contribution in [-0.2, 0) is 20.9 Å². The summed E-state index contributed by atoms with van der Waals surface area (Å²) < 4.78 is 6.77. The van der Waals surface area contributed by atoms with E-state index in [-0.39, 0.29) is 18.0 Å². The molecule has 0 spiro atoms. The van der Waals surface area contributed by atoms with Gasteiger partial charge in [0, 0.05) is 18.7 Å². The molecule has 148 valence electrons. The van der Waals surface area contributed by atoms with Gasteiger partial charge in [0.25, 0.3) is 11.5 Å². The van der Waals surface area contributed by atoms with Crippen LogP contribution in [0.25, 0.3) is 10.9 Å². The fourth-order valence-electron chi connectivity index (χ4n) is 3.52. The smallest absolute Gasteiger partial charge is 0.327 e. The zero-order valence-corrected chi connectivity index (χ0v) is 15.9. The summed E-state index contributed by atoms with van der Waals surface area (Å²) in [6, 6.07) is 15.9. The predicted octanol–water partition coefficient (Wildman–Crippen LogP) is 2.30. The quantitative estimate of drug-likeness (QED) is 0.624. The summed E-state index contributed by atoms with van der Waals surface area (Å²) >= 11 is 0. The van der Waals surface area contributed by atoms with Crippen molar-refractivity contribution in [2.24, 2.45) is 0 Å². The average molecular weight is 391 g/mol. The summed E-state index contributed by atoms with van der Waals surface area (Å²) in [5.74, 6) is -0.892. The molecule has 1 aliphatic heterocycles. The fourth-order valence-corrected chi connectivity index (χ4v) is 3.52. The third-order valence-corrected chi connectivity index (χ3v) is 5.02. The molecule has 0 unspecified atom stereocenters. The standard InChI is InChI=1S/C22H21N3O4/c26-19(14-25-15-23-18-11-5-4-10-17(18)21(25)27)29-20(16-8-2-1-3-9-16)22(28)24-12-6-7-13-24/h1-5,8-11,15,20H,6-7,12-14H2/t20-/m0/s1. The van der Waals surface area contributed by atoms with Crippen LogP contribution in [0.2, 0.25) is 0 Å². The highest BCUT2D eigenvalue weighted by Crippen LogP contribution is 2.23. The fraction of sp³-hybridized carbons (Fsp3) is 0.273. The summed E-state index contributed by atoms with van der Waals surface area (Å²) in [6.07, 6.45) is 2.19. The number of ether oxygens (including phenoxy) is 1. The molecule has 0 radical (unpaired) electrons. The number of para-hydroxylation sites is 1. The van der Waals surface area contributed by atoms with Crippen molar-refractivity contribution >= 4 is 22.8 Å². The first-order valence-electron chi connectivity index (χ1n) is 9.61. The van der Waals surface area contributed by atoms with Gasteiger partial charge in [0.1, 0.15) is 6.54 Å². The number of rotatable bonds is 5. The summed E-state index contributed by atoms with van der Waals surface area (Å²) in [5, 5.41) is 0.426. The van der Waals surface area contributed by atoms with Crippen molar-refractivity contribution in [3.05, 3.63) is 76.8 Å². The molecule has 29 heavy (non-hydrogen) atoms. The van der Waals surface area contributed by atoms with Crippen LogP contribution in [0.1, 0.15) is 24.5 Å². The molecule has 1 aliphatic rings. The Kier molecular flexibility index (Phi) is 5.37. The van der Waals surface area contributed by atoms with Crippen molar-refractivity contribution < 1.29 is 14.3 Å². The van der Waals surface area contributed by atoms with Crippen molar-refractivity contribution in [1.29, 1.82) is 0 Å². The molecule has 4 rings (SSSR count). The maximum Gasteiger partial charge on any atom is 0.327 e. The van der Waals surface area contributed by atoms with Crippen molar-refractivity contribution in [1.82, 2.24) is 14.5 Å². The van der Waals surface area contributed by atoms with Gasteiger partial charge in [-0.15, -0.1) is 0 Å². The monoisotopic (exact) mass is 391 g/mol. The van der Waals surface area contributed by atoms with Crippen LogP contribution in [-0.4, -0.2) is 39.4 Å². The second-order valence-electron chi connectivity index (χ2n) is 7.01. The molecule has 0 saturated carbocycles. The Labute approximate surface area is 167 Å². The average Bonchev–Trinajstić information content (AvgIpc) is 3.29. The number of carbonyl (C=O) groups excluding carboxylic acids is 2. The normalized spacial score (nSPS) is 14.7. The largest absolute Gasteiger partial charge is 0.446 e. The molecule has 1 saturated heterocycles.